The van der Waals surface area contributed by atoms with Crippen molar-refractivity contribution in [3.8, 4) is 0 Å². The molecule has 6 heteroatoms. The summed E-state index contributed by atoms with van der Waals surface area (Å²) in [4.78, 5) is 29.3. The Labute approximate surface area is 255 Å². The molecule has 4 nitrogen and oxygen atoms in total. The van der Waals surface area contributed by atoms with E-state index in [9.17, 15) is 9.59 Å². The van der Waals surface area contributed by atoms with Gasteiger partial charge >= 0.3 is 0 Å². The van der Waals surface area contributed by atoms with Gasteiger partial charge in [-0.05, 0) is 88.2 Å². The summed E-state index contributed by atoms with van der Waals surface area (Å²) in [5, 5.41) is 3.00. The third-order valence-electron chi connectivity index (χ3n) is 7.83. The van der Waals surface area contributed by atoms with Gasteiger partial charge in [-0.1, -0.05) is 90.2 Å². The number of unbranched alkanes of at least 4 members (excludes halogenated alkanes) is 8. The van der Waals surface area contributed by atoms with E-state index < -0.39 is 0 Å². The molecule has 2 aliphatic rings. The predicted molar refractivity (Wildman–Crippen MR) is 176 cm³/mol. The normalized spacial score (nSPS) is 17.1. The zero-order valence-electron chi connectivity index (χ0n) is 22.8. The maximum absolute atomic E-state index is 14.1. The summed E-state index contributed by atoms with van der Waals surface area (Å²) in [6, 6.07) is 12.1. The molecule has 0 fully saturated rings. The summed E-state index contributed by atoms with van der Waals surface area (Å²) >= 11 is 4.58. The second-order valence-corrected chi connectivity index (χ2v) is 13.2. The second-order valence-electron chi connectivity index (χ2n) is 10.7. The molecule has 0 saturated heterocycles. The van der Waals surface area contributed by atoms with Crippen molar-refractivity contribution in [2.45, 2.75) is 90.9 Å². The quantitative estimate of drug-likeness (QED) is 0.119. The molecule has 0 spiro atoms. The number of halogens is 2. The maximum atomic E-state index is 14.1. The van der Waals surface area contributed by atoms with Crippen molar-refractivity contribution in [3.63, 3.8) is 0 Å². The highest BCUT2D eigenvalue weighted by molar-refractivity contribution is 14.1. The lowest BCUT2D eigenvalue weighted by Gasteiger charge is -2.25. The van der Waals surface area contributed by atoms with Crippen LogP contribution in [0.3, 0.4) is 0 Å². The average molecular weight is 738 g/mol. The Hall–Kier alpha value is -1.42. The molecule has 1 unspecified atom stereocenters. The maximum Gasteiger partial charge on any atom is 0.259 e. The van der Waals surface area contributed by atoms with Crippen LogP contribution in [-0.2, 0) is 9.59 Å². The number of hydrogen-bond donors (Lipinski definition) is 1. The number of carbonyl (C=O) groups is 2. The highest BCUT2D eigenvalue weighted by Crippen LogP contribution is 2.45. The fourth-order valence-corrected chi connectivity index (χ4v) is 6.74. The number of anilines is 2. The fraction of sp³-hybridized carbons (Fsp3) is 0.500. The minimum Gasteiger partial charge on any atom is -0.321 e. The lowest BCUT2D eigenvalue weighted by Crippen LogP contribution is -2.32. The Balaban J connectivity index is 1.61. The molecule has 4 rings (SSSR count). The molecule has 2 amide bonds. The first-order chi connectivity index (χ1) is 18.4. The highest BCUT2D eigenvalue weighted by Gasteiger charge is 2.40. The van der Waals surface area contributed by atoms with Gasteiger partial charge in [0.1, 0.15) is 0 Å². The molecule has 0 aliphatic carbocycles. The third kappa shape index (κ3) is 7.01. The molecule has 1 atom stereocenters. The topological polar surface area (TPSA) is 49.4 Å². The van der Waals surface area contributed by atoms with Gasteiger partial charge in [-0.25, -0.2) is 0 Å². The number of fused-ring (bicyclic) bond motifs is 2. The molecule has 2 heterocycles. The molecule has 2 aromatic rings. The van der Waals surface area contributed by atoms with Crippen molar-refractivity contribution >= 4 is 79.5 Å². The number of amides is 2. The van der Waals surface area contributed by atoms with E-state index in [0.29, 0.717) is 17.1 Å². The van der Waals surface area contributed by atoms with Gasteiger partial charge in [-0.15, -0.1) is 0 Å². The molecule has 0 radical (unpaired) electrons. The van der Waals surface area contributed by atoms with E-state index in [1.165, 1.54) is 64.2 Å². The van der Waals surface area contributed by atoms with E-state index in [1.54, 1.807) is 0 Å². The van der Waals surface area contributed by atoms with E-state index in [0.717, 1.165) is 49.0 Å². The summed E-state index contributed by atoms with van der Waals surface area (Å²) < 4.78 is 2.16. The Morgan fingerprint density at radius 2 is 1.32 bits per heavy atom. The largest absolute Gasteiger partial charge is 0.321 e. The van der Waals surface area contributed by atoms with Crippen LogP contribution in [0.5, 0.6) is 0 Å². The van der Waals surface area contributed by atoms with Crippen LogP contribution in [0.25, 0.3) is 11.1 Å². The Kier molecular flexibility index (Phi) is 11.1. The SMILES string of the molecule is CCCCCCCCC(CCCCCC)CN1C(=O)/C(=C2/C(=O)Nc3cc(I)ccc32)c2ccc(I)cc21. The summed E-state index contributed by atoms with van der Waals surface area (Å²) in [5.74, 6) is 0.267. The molecule has 0 bridgehead atoms. The molecule has 204 valence electrons. The average Bonchev–Trinajstić information content (AvgIpc) is 3.34. The van der Waals surface area contributed by atoms with Crippen molar-refractivity contribution < 1.29 is 9.59 Å². The van der Waals surface area contributed by atoms with Gasteiger partial charge in [0.15, 0.2) is 0 Å². The smallest absolute Gasteiger partial charge is 0.259 e. The van der Waals surface area contributed by atoms with Crippen LogP contribution in [0.15, 0.2) is 36.4 Å². The minimum absolute atomic E-state index is 0.0277. The van der Waals surface area contributed by atoms with Crippen LogP contribution in [0, 0.1) is 13.1 Å². The van der Waals surface area contributed by atoms with Gasteiger partial charge in [0.2, 0.25) is 0 Å². The molecule has 1 N–H and O–H groups in total. The molecule has 2 aliphatic heterocycles. The van der Waals surface area contributed by atoms with Crippen molar-refractivity contribution in [2.24, 2.45) is 5.92 Å². The fourth-order valence-electron chi connectivity index (χ4n) is 5.77. The van der Waals surface area contributed by atoms with Gasteiger partial charge in [-0.3, -0.25) is 9.59 Å². The monoisotopic (exact) mass is 738 g/mol. The van der Waals surface area contributed by atoms with Gasteiger partial charge in [0.25, 0.3) is 11.8 Å². The Morgan fingerprint density at radius 1 is 0.737 bits per heavy atom. The predicted octanol–water partition coefficient (Wildman–Crippen LogP) is 9.44. The van der Waals surface area contributed by atoms with Gasteiger partial charge in [0, 0.05) is 24.8 Å². The number of hydrogen-bond acceptors (Lipinski definition) is 2. The summed E-state index contributed by atoms with van der Waals surface area (Å²) in [5.41, 5.74) is 4.53. The summed E-state index contributed by atoms with van der Waals surface area (Å²) in [7, 11) is 0. The summed E-state index contributed by atoms with van der Waals surface area (Å²) in [6.07, 6.45) is 15.0. The molecular formula is C32H40I2N2O2. The Morgan fingerprint density at radius 3 is 2.00 bits per heavy atom. The third-order valence-corrected chi connectivity index (χ3v) is 9.17. The molecule has 0 saturated carbocycles. The zero-order valence-corrected chi connectivity index (χ0v) is 27.1. The van der Waals surface area contributed by atoms with Crippen LogP contribution in [0.2, 0.25) is 0 Å². The van der Waals surface area contributed by atoms with Gasteiger partial charge in [-0.2, -0.15) is 0 Å². The van der Waals surface area contributed by atoms with Crippen LogP contribution < -0.4 is 10.2 Å². The zero-order chi connectivity index (χ0) is 27.1. The van der Waals surface area contributed by atoms with Crippen molar-refractivity contribution in [3.05, 3.63) is 54.7 Å². The lowest BCUT2D eigenvalue weighted by molar-refractivity contribution is -0.114. The van der Waals surface area contributed by atoms with E-state index in [4.69, 9.17) is 0 Å². The number of nitrogens with zero attached hydrogens (tertiary/aromatic N) is 1. The molecule has 0 aromatic heterocycles. The van der Waals surface area contributed by atoms with Crippen molar-refractivity contribution in [1.29, 1.82) is 0 Å². The second kappa shape index (κ2) is 14.3. The molecular weight excluding hydrogens is 698 g/mol. The number of benzene rings is 2. The first kappa shape index (κ1) is 29.6. The first-order valence-corrected chi connectivity index (χ1v) is 16.6. The van der Waals surface area contributed by atoms with Gasteiger partial charge in [0.05, 0.1) is 22.5 Å². The standard InChI is InChI=1S/C32H40I2N2O2/c1-3-5-7-9-10-12-14-22(13-11-8-6-4-2)21-36-28-20-24(34)16-18-26(28)30(32(36)38)29-25-17-15-23(33)19-27(25)35-31(29)37/h15-20,22H,3-14,21H2,1-2H3,(H,35,37)/b30-29+. The van der Waals surface area contributed by atoms with Crippen LogP contribution in [0.4, 0.5) is 11.4 Å². The van der Waals surface area contributed by atoms with Crippen molar-refractivity contribution in [2.75, 3.05) is 16.8 Å². The number of rotatable bonds is 14. The van der Waals surface area contributed by atoms with Crippen LogP contribution >= 0.6 is 45.2 Å². The first-order valence-electron chi connectivity index (χ1n) is 14.4. The Bertz CT molecular complexity index is 1190. The van der Waals surface area contributed by atoms with Crippen LogP contribution in [-0.4, -0.2) is 18.4 Å². The van der Waals surface area contributed by atoms with E-state index in [2.05, 4.69) is 70.4 Å². The highest BCUT2D eigenvalue weighted by atomic mass is 127. The molecule has 2 aromatic carbocycles. The lowest BCUT2D eigenvalue weighted by atomic mass is 9.93. The number of carbonyl (C=O) groups excluding carboxylic acids is 2. The van der Waals surface area contributed by atoms with E-state index in [1.807, 2.05) is 35.2 Å². The minimum atomic E-state index is -0.181. The van der Waals surface area contributed by atoms with Crippen molar-refractivity contribution in [1.82, 2.24) is 0 Å². The molecule has 38 heavy (non-hydrogen) atoms. The summed E-state index contributed by atoms with van der Waals surface area (Å²) in [6.45, 7) is 5.24. The van der Waals surface area contributed by atoms with E-state index >= 15 is 0 Å². The van der Waals surface area contributed by atoms with E-state index in [-0.39, 0.29) is 11.8 Å². The van der Waals surface area contributed by atoms with Crippen LogP contribution in [0.1, 0.15) is 102 Å². The van der Waals surface area contributed by atoms with Gasteiger partial charge < -0.3 is 10.2 Å². The number of nitrogens with one attached hydrogen (secondary N) is 1.